The van der Waals surface area contributed by atoms with Gasteiger partial charge in [0.1, 0.15) is 10.7 Å². The Morgan fingerprint density at radius 2 is 2.17 bits per heavy atom. The van der Waals surface area contributed by atoms with Gasteiger partial charge in [-0.3, -0.25) is 9.78 Å². The van der Waals surface area contributed by atoms with Gasteiger partial charge in [0.15, 0.2) is 0 Å². The van der Waals surface area contributed by atoms with Crippen molar-refractivity contribution < 1.29 is 4.79 Å². The standard InChI is InChI=1S/C20H19N7OS/c21-16-17(14-5-1-2-7-24-14)27-15-8-13(11-26-20(15)29-18(16)22)19(28)25-10-12-4-3-6-23-9-12/h1-8,11,23H,9-10,21-22H2,(H,25,28). The van der Waals surface area contributed by atoms with Gasteiger partial charge >= 0.3 is 0 Å². The van der Waals surface area contributed by atoms with Crippen molar-refractivity contribution in [3.8, 4) is 0 Å². The van der Waals surface area contributed by atoms with E-state index >= 15 is 0 Å². The van der Waals surface area contributed by atoms with Gasteiger partial charge in [-0.25, -0.2) is 9.98 Å². The van der Waals surface area contributed by atoms with Crippen molar-refractivity contribution in [3.05, 3.63) is 82.6 Å². The molecular weight excluding hydrogens is 386 g/mol. The minimum atomic E-state index is -0.228. The Labute approximate surface area is 171 Å². The first kappa shape index (κ1) is 18.8. The minimum absolute atomic E-state index is 0.228. The monoisotopic (exact) mass is 405 g/mol. The Kier molecular flexibility index (Phi) is 5.30. The lowest BCUT2D eigenvalue weighted by molar-refractivity contribution is 0.0956. The van der Waals surface area contributed by atoms with Crippen molar-refractivity contribution in [1.29, 1.82) is 0 Å². The average molecular weight is 405 g/mol. The average Bonchev–Trinajstić information content (AvgIpc) is 2.89. The first-order chi connectivity index (χ1) is 14.1. The summed E-state index contributed by atoms with van der Waals surface area (Å²) < 4.78 is 0. The molecule has 29 heavy (non-hydrogen) atoms. The zero-order valence-electron chi connectivity index (χ0n) is 15.4. The normalized spacial score (nSPS) is 15.6. The molecule has 1 amide bonds. The number of pyridine rings is 2. The zero-order valence-corrected chi connectivity index (χ0v) is 16.2. The summed E-state index contributed by atoms with van der Waals surface area (Å²) >= 11 is 1.22. The molecule has 0 fully saturated rings. The Morgan fingerprint density at radius 1 is 1.28 bits per heavy atom. The Bertz CT molecular complexity index is 1070. The number of thioether (sulfide) groups is 1. The van der Waals surface area contributed by atoms with Crippen molar-refractivity contribution in [2.45, 2.75) is 5.03 Å². The highest BCUT2D eigenvalue weighted by Gasteiger charge is 2.21. The highest BCUT2D eigenvalue weighted by atomic mass is 32.2. The largest absolute Gasteiger partial charge is 0.395 e. The quantitative estimate of drug-likeness (QED) is 0.607. The molecule has 6 N–H and O–H groups in total. The summed E-state index contributed by atoms with van der Waals surface area (Å²) in [6, 6.07) is 7.15. The molecule has 0 atom stereocenters. The van der Waals surface area contributed by atoms with E-state index in [4.69, 9.17) is 11.5 Å². The van der Waals surface area contributed by atoms with Gasteiger partial charge in [-0.2, -0.15) is 0 Å². The van der Waals surface area contributed by atoms with Crippen LogP contribution in [0.5, 0.6) is 0 Å². The van der Waals surface area contributed by atoms with Crippen LogP contribution in [0.2, 0.25) is 0 Å². The summed E-state index contributed by atoms with van der Waals surface area (Å²) in [6.07, 6.45) is 8.92. The van der Waals surface area contributed by atoms with Crippen LogP contribution >= 0.6 is 11.8 Å². The number of aromatic nitrogens is 2. The van der Waals surface area contributed by atoms with Crippen molar-refractivity contribution >= 4 is 29.1 Å². The number of hydrogen-bond acceptors (Lipinski definition) is 8. The molecule has 0 unspecified atom stereocenters. The molecule has 4 heterocycles. The molecule has 2 aromatic heterocycles. The number of carbonyl (C=O) groups is 1. The summed E-state index contributed by atoms with van der Waals surface area (Å²) in [7, 11) is 0. The lowest BCUT2D eigenvalue weighted by Gasteiger charge is -2.12. The number of amides is 1. The molecule has 146 valence electrons. The Balaban J connectivity index is 1.62. The lowest BCUT2D eigenvalue weighted by Crippen LogP contribution is -2.29. The lowest BCUT2D eigenvalue weighted by atomic mass is 10.1. The molecule has 0 saturated heterocycles. The molecule has 8 nitrogen and oxygen atoms in total. The van der Waals surface area contributed by atoms with Crippen molar-refractivity contribution in [2.24, 2.45) is 16.5 Å². The molecule has 0 spiro atoms. The second kappa shape index (κ2) is 8.19. The van der Waals surface area contributed by atoms with Gasteiger partial charge in [-0.15, -0.1) is 0 Å². The van der Waals surface area contributed by atoms with Gasteiger partial charge in [-0.05, 0) is 47.8 Å². The number of carbonyl (C=O) groups excluding carboxylic acids is 1. The van der Waals surface area contributed by atoms with E-state index in [2.05, 4.69) is 25.6 Å². The van der Waals surface area contributed by atoms with Crippen LogP contribution in [0, 0.1) is 0 Å². The Morgan fingerprint density at radius 3 is 2.93 bits per heavy atom. The smallest absolute Gasteiger partial charge is 0.253 e. The number of hydrogen-bond donors (Lipinski definition) is 4. The molecule has 0 aromatic carbocycles. The molecule has 0 aliphatic carbocycles. The number of nitrogens with zero attached hydrogens (tertiary/aromatic N) is 3. The van der Waals surface area contributed by atoms with Crippen LogP contribution in [-0.2, 0) is 0 Å². The molecule has 0 saturated carbocycles. The summed E-state index contributed by atoms with van der Waals surface area (Å²) in [6.45, 7) is 1.16. The molecule has 4 rings (SSSR count). The van der Waals surface area contributed by atoms with Crippen molar-refractivity contribution in [3.63, 3.8) is 0 Å². The SMILES string of the molecule is NC1=C(N)C(c2ccccn2)=Nc2cc(C(=O)NCC3=CC=CNC3)cnc2S1. The summed E-state index contributed by atoms with van der Waals surface area (Å²) in [5.41, 5.74) is 15.7. The molecule has 9 heteroatoms. The second-order valence-corrected chi connectivity index (χ2v) is 7.38. The molecule has 2 aliphatic rings. The number of fused-ring (bicyclic) bond motifs is 1. The maximum atomic E-state index is 12.6. The van der Waals surface area contributed by atoms with Crippen LogP contribution in [0.4, 0.5) is 5.69 Å². The maximum Gasteiger partial charge on any atom is 0.253 e. The van der Waals surface area contributed by atoms with Crippen LogP contribution in [0.3, 0.4) is 0 Å². The maximum absolute atomic E-state index is 12.6. The molecule has 0 radical (unpaired) electrons. The third kappa shape index (κ3) is 4.14. The molecule has 2 aliphatic heterocycles. The highest BCUT2D eigenvalue weighted by molar-refractivity contribution is 8.03. The molecule has 0 bridgehead atoms. The topological polar surface area (TPSA) is 131 Å². The van der Waals surface area contributed by atoms with E-state index in [9.17, 15) is 4.79 Å². The summed E-state index contributed by atoms with van der Waals surface area (Å²) in [4.78, 5) is 25.9. The van der Waals surface area contributed by atoms with Crippen LogP contribution in [0.25, 0.3) is 0 Å². The van der Waals surface area contributed by atoms with E-state index < -0.39 is 0 Å². The van der Waals surface area contributed by atoms with Gasteiger partial charge in [0.05, 0.1) is 27.7 Å². The van der Waals surface area contributed by atoms with Crippen LogP contribution in [0.15, 0.2) is 81.3 Å². The first-order valence-electron chi connectivity index (χ1n) is 8.91. The van der Waals surface area contributed by atoms with Crippen LogP contribution < -0.4 is 22.1 Å². The van der Waals surface area contributed by atoms with E-state index in [-0.39, 0.29) is 5.91 Å². The fraction of sp³-hybridized carbons (Fsp3) is 0.100. The Hall–Kier alpha value is -3.59. The number of allylic oxidation sites excluding steroid dienone is 3. The van der Waals surface area contributed by atoms with Gasteiger partial charge in [-0.1, -0.05) is 12.1 Å². The van der Waals surface area contributed by atoms with Crippen LogP contribution in [0.1, 0.15) is 16.1 Å². The molecular formula is C20H19N7OS. The van der Waals surface area contributed by atoms with E-state index in [1.807, 2.05) is 30.5 Å². The van der Waals surface area contributed by atoms with E-state index in [1.54, 1.807) is 18.3 Å². The van der Waals surface area contributed by atoms with Crippen LogP contribution in [-0.4, -0.2) is 34.7 Å². The van der Waals surface area contributed by atoms with Gasteiger partial charge < -0.3 is 22.1 Å². The van der Waals surface area contributed by atoms with E-state index in [1.165, 1.54) is 18.0 Å². The fourth-order valence-electron chi connectivity index (χ4n) is 2.80. The van der Waals surface area contributed by atoms with Gasteiger partial charge in [0.2, 0.25) is 0 Å². The predicted molar refractivity (Wildman–Crippen MR) is 113 cm³/mol. The second-order valence-electron chi connectivity index (χ2n) is 6.35. The third-order valence-corrected chi connectivity index (χ3v) is 5.26. The van der Waals surface area contributed by atoms with Crippen molar-refractivity contribution in [2.75, 3.05) is 13.1 Å². The number of nitrogens with two attached hydrogens (primary N) is 2. The fourth-order valence-corrected chi connectivity index (χ4v) is 3.53. The summed E-state index contributed by atoms with van der Waals surface area (Å²) in [5, 5.41) is 6.98. The predicted octanol–water partition coefficient (Wildman–Crippen LogP) is 1.56. The number of aliphatic imine (C=N–C) groups is 1. The number of dihydropyridines is 1. The van der Waals surface area contributed by atoms with E-state index in [0.29, 0.717) is 51.5 Å². The van der Waals surface area contributed by atoms with Crippen molar-refractivity contribution in [1.82, 2.24) is 20.6 Å². The van der Waals surface area contributed by atoms with Gasteiger partial charge in [0.25, 0.3) is 5.91 Å². The van der Waals surface area contributed by atoms with E-state index in [0.717, 1.165) is 5.57 Å². The third-order valence-electron chi connectivity index (χ3n) is 4.31. The molecule has 2 aromatic rings. The minimum Gasteiger partial charge on any atom is -0.395 e. The summed E-state index contributed by atoms with van der Waals surface area (Å²) in [5.74, 6) is -0.228. The van der Waals surface area contributed by atoms with Gasteiger partial charge in [0, 0.05) is 25.5 Å². The zero-order chi connectivity index (χ0) is 20.2. The first-order valence-corrected chi connectivity index (χ1v) is 9.73. The highest BCUT2D eigenvalue weighted by Crippen LogP contribution is 2.35. The number of rotatable bonds is 4. The number of nitrogens with one attached hydrogen (secondary N) is 2.